The van der Waals surface area contributed by atoms with E-state index < -0.39 is 0 Å². The molecule has 1 aromatic carbocycles. The van der Waals surface area contributed by atoms with Gasteiger partial charge < -0.3 is 15.0 Å². The lowest BCUT2D eigenvalue weighted by molar-refractivity contribution is -0.138. The highest BCUT2D eigenvalue weighted by molar-refractivity contribution is 5.94. The second-order valence-corrected chi connectivity index (χ2v) is 10.3. The van der Waals surface area contributed by atoms with Crippen LogP contribution in [0.25, 0.3) is 0 Å². The van der Waals surface area contributed by atoms with Crippen molar-refractivity contribution in [2.45, 2.75) is 63.5 Å². The van der Waals surface area contributed by atoms with E-state index in [1.807, 2.05) is 18.2 Å². The number of carbonyl (C=O) groups excluding carboxylic acids is 2. The third kappa shape index (κ3) is 3.62. The fourth-order valence-electron chi connectivity index (χ4n) is 6.92. The fraction of sp³-hybridized carbons (Fsp3) is 0.615. The number of aryl methyl sites for hydroxylation is 1. The molecule has 0 radical (unpaired) electrons. The Labute approximate surface area is 190 Å². The molecule has 2 bridgehead atoms. The van der Waals surface area contributed by atoms with Gasteiger partial charge in [-0.2, -0.15) is 0 Å². The molecular weight excluding hydrogens is 402 g/mol. The number of amides is 2. The number of benzene rings is 1. The van der Waals surface area contributed by atoms with Gasteiger partial charge in [-0.1, -0.05) is 24.1 Å². The Morgan fingerprint density at radius 3 is 3.00 bits per heavy atom. The summed E-state index contributed by atoms with van der Waals surface area (Å²) < 4.78 is 5.92. The number of likely N-dealkylation sites (tertiary alicyclic amines) is 1. The molecule has 4 heterocycles. The van der Waals surface area contributed by atoms with Crippen LogP contribution in [0, 0.1) is 11.8 Å². The predicted octanol–water partition coefficient (Wildman–Crippen LogP) is 3.37. The second kappa shape index (κ2) is 8.22. The highest BCUT2D eigenvalue weighted by Gasteiger charge is 2.46. The first-order chi connectivity index (χ1) is 15.7. The molecule has 3 saturated heterocycles. The van der Waals surface area contributed by atoms with Gasteiger partial charge in [0.25, 0.3) is 5.91 Å². The van der Waals surface area contributed by atoms with Crippen molar-refractivity contribution < 1.29 is 14.3 Å². The van der Waals surface area contributed by atoms with Crippen LogP contribution in [0.4, 0.5) is 5.69 Å². The average Bonchev–Trinajstić information content (AvgIpc) is 2.82. The summed E-state index contributed by atoms with van der Waals surface area (Å²) in [6, 6.07) is 6.74. The van der Waals surface area contributed by atoms with Gasteiger partial charge >= 0.3 is 0 Å². The average molecular weight is 436 g/mol. The van der Waals surface area contributed by atoms with Crippen molar-refractivity contribution in [3.8, 4) is 5.75 Å². The molecule has 2 amide bonds. The Morgan fingerprint density at radius 2 is 2.06 bits per heavy atom. The third-order valence-corrected chi connectivity index (χ3v) is 8.32. The molecule has 6 heteroatoms. The first-order valence-electron chi connectivity index (χ1n) is 12.5. The van der Waals surface area contributed by atoms with Crippen LogP contribution in [0.1, 0.15) is 50.5 Å². The van der Waals surface area contributed by atoms with Crippen LogP contribution in [0.5, 0.6) is 5.75 Å². The van der Waals surface area contributed by atoms with Crippen molar-refractivity contribution in [3.05, 3.63) is 35.4 Å². The van der Waals surface area contributed by atoms with Crippen molar-refractivity contribution >= 4 is 17.5 Å². The zero-order valence-electron chi connectivity index (χ0n) is 18.7. The van der Waals surface area contributed by atoms with Crippen molar-refractivity contribution in [1.82, 2.24) is 9.80 Å². The Hall–Kier alpha value is -2.34. The zero-order chi connectivity index (χ0) is 21.7. The lowest BCUT2D eigenvalue weighted by atomic mass is 9.68. The fourth-order valence-corrected chi connectivity index (χ4v) is 6.92. The summed E-state index contributed by atoms with van der Waals surface area (Å²) in [6.45, 7) is 3.24. The number of fused-ring (bicyclic) bond motifs is 7. The number of rotatable bonds is 3. The first-order valence-corrected chi connectivity index (χ1v) is 12.5. The van der Waals surface area contributed by atoms with Gasteiger partial charge in [-0.15, -0.1) is 0 Å². The van der Waals surface area contributed by atoms with Crippen molar-refractivity contribution in [3.63, 3.8) is 0 Å². The van der Waals surface area contributed by atoms with E-state index in [2.05, 4.69) is 21.2 Å². The van der Waals surface area contributed by atoms with Gasteiger partial charge in [0.1, 0.15) is 5.75 Å². The molecule has 0 aromatic heterocycles. The van der Waals surface area contributed by atoms with E-state index >= 15 is 0 Å². The van der Waals surface area contributed by atoms with Gasteiger partial charge in [-0.25, -0.2) is 0 Å². The van der Waals surface area contributed by atoms with Crippen LogP contribution in [-0.2, 0) is 16.0 Å². The molecule has 4 atom stereocenters. The zero-order valence-corrected chi connectivity index (χ0v) is 18.7. The SMILES string of the molecule is O=C1CCc2ccc(OCC(=O)N3CCCC4=C[C@H]5C[C@@H](CN6CCCC[C@H]56)[C@@H]43)cc2N1. The number of hydrogen-bond donors (Lipinski definition) is 1. The molecular formula is C26H33N3O3. The monoisotopic (exact) mass is 435 g/mol. The molecule has 6 nitrogen and oxygen atoms in total. The normalized spacial score (nSPS) is 31.6. The summed E-state index contributed by atoms with van der Waals surface area (Å²) >= 11 is 0. The van der Waals surface area contributed by atoms with Crippen LogP contribution in [0.2, 0.25) is 0 Å². The lowest BCUT2D eigenvalue weighted by Gasteiger charge is -2.54. The number of nitrogens with zero attached hydrogens (tertiary/aromatic N) is 2. The van der Waals surface area contributed by atoms with Gasteiger partial charge in [-0.05, 0) is 68.5 Å². The Morgan fingerprint density at radius 1 is 1.12 bits per heavy atom. The topological polar surface area (TPSA) is 61.9 Å². The number of carbonyl (C=O) groups is 2. The van der Waals surface area contributed by atoms with Gasteiger partial charge in [0.15, 0.2) is 6.61 Å². The smallest absolute Gasteiger partial charge is 0.261 e. The number of hydrogen-bond acceptors (Lipinski definition) is 4. The minimum atomic E-state index is 0.0392. The maximum absolute atomic E-state index is 13.3. The highest BCUT2D eigenvalue weighted by Crippen LogP contribution is 2.45. The van der Waals surface area contributed by atoms with Crippen LogP contribution in [0.15, 0.2) is 29.8 Å². The largest absolute Gasteiger partial charge is 0.484 e. The molecule has 1 aliphatic carbocycles. The van der Waals surface area contributed by atoms with E-state index in [1.165, 1.54) is 37.8 Å². The first kappa shape index (κ1) is 20.3. The minimum Gasteiger partial charge on any atom is -0.484 e. The van der Waals surface area contributed by atoms with E-state index in [4.69, 9.17) is 4.74 Å². The summed E-state index contributed by atoms with van der Waals surface area (Å²) in [5.41, 5.74) is 3.44. The van der Waals surface area contributed by atoms with Crippen molar-refractivity contribution in [1.29, 1.82) is 0 Å². The molecule has 1 aromatic rings. The van der Waals surface area contributed by atoms with Crippen molar-refractivity contribution in [2.24, 2.45) is 11.8 Å². The molecule has 4 aliphatic heterocycles. The number of anilines is 1. The second-order valence-electron chi connectivity index (χ2n) is 10.3. The maximum Gasteiger partial charge on any atom is 0.261 e. The third-order valence-electron chi connectivity index (χ3n) is 8.32. The van der Waals surface area contributed by atoms with Crippen molar-refractivity contribution in [2.75, 3.05) is 31.6 Å². The number of ether oxygens (including phenoxy) is 1. The van der Waals surface area contributed by atoms with E-state index in [0.29, 0.717) is 24.0 Å². The van der Waals surface area contributed by atoms with E-state index in [9.17, 15) is 9.59 Å². The Balaban J connectivity index is 1.16. The Kier molecular flexibility index (Phi) is 5.21. The van der Waals surface area contributed by atoms with Gasteiger partial charge in [0, 0.05) is 37.3 Å². The summed E-state index contributed by atoms with van der Waals surface area (Å²) in [6.07, 6.45) is 11.3. The van der Waals surface area contributed by atoms with Gasteiger partial charge in [0.05, 0.1) is 6.04 Å². The highest BCUT2D eigenvalue weighted by atomic mass is 16.5. The molecule has 1 N–H and O–H groups in total. The summed E-state index contributed by atoms with van der Waals surface area (Å²) in [5.74, 6) is 2.00. The molecule has 0 unspecified atom stereocenters. The lowest BCUT2D eigenvalue weighted by Crippen LogP contribution is -2.60. The molecule has 6 rings (SSSR count). The molecule has 5 aliphatic rings. The summed E-state index contributed by atoms with van der Waals surface area (Å²) in [5, 5.41) is 2.91. The summed E-state index contributed by atoms with van der Waals surface area (Å²) in [4.78, 5) is 29.8. The van der Waals surface area contributed by atoms with Gasteiger partial charge in [0.2, 0.25) is 5.91 Å². The van der Waals surface area contributed by atoms with E-state index in [1.54, 1.807) is 0 Å². The predicted molar refractivity (Wildman–Crippen MR) is 123 cm³/mol. The van der Waals surface area contributed by atoms with Crippen LogP contribution < -0.4 is 10.1 Å². The molecule has 0 saturated carbocycles. The van der Waals surface area contributed by atoms with Crippen LogP contribution in [-0.4, -0.2) is 59.9 Å². The Bertz CT molecular complexity index is 958. The number of nitrogens with one attached hydrogen (secondary N) is 1. The number of piperidine rings is 3. The van der Waals surface area contributed by atoms with Crippen LogP contribution in [0.3, 0.4) is 0 Å². The van der Waals surface area contributed by atoms with E-state index in [-0.39, 0.29) is 24.5 Å². The quantitative estimate of drug-likeness (QED) is 0.740. The molecule has 0 spiro atoms. The molecule has 170 valence electrons. The maximum atomic E-state index is 13.3. The standard InChI is InChI=1S/C26H33N3O3/c30-24-9-7-17-6-8-21(14-22(17)27-24)32-16-25(31)29-11-3-4-18-12-19-13-20(26(18)29)15-28-10-2-1-5-23(19)28/h6,8,12,14,19-20,23,26H,1-5,7,9-11,13,15-16H2,(H,27,30)/t19-,20-,23+,26+/m0/s1. The molecule has 3 fully saturated rings. The summed E-state index contributed by atoms with van der Waals surface area (Å²) in [7, 11) is 0. The van der Waals surface area contributed by atoms with Crippen LogP contribution >= 0.6 is 0 Å². The van der Waals surface area contributed by atoms with Gasteiger partial charge in [-0.3, -0.25) is 14.5 Å². The minimum absolute atomic E-state index is 0.0392. The van der Waals surface area contributed by atoms with E-state index in [0.717, 1.165) is 49.6 Å². The molecule has 32 heavy (non-hydrogen) atoms.